The smallest absolute Gasteiger partial charge is 0.281 e. The van der Waals surface area contributed by atoms with E-state index in [1.165, 1.54) is 4.90 Å². The highest BCUT2D eigenvalue weighted by Crippen LogP contribution is 2.29. The van der Waals surface area contributed by atoms with Crippen molar-refractivity contribution in [1.82, 2.24) is 5.32 Å². The number of rotatable bonds is 4. The van der Waals surface area contributed by atoms with E-state index in [0.717, 1.165) is 5.75 Å². The fraction of sp³-hybridized carbons (Fsp3) is 0.111. The third-order valence-electron chi connectivity index (χ3n) is 3.57. The van der Waals surface area contributed by atoms with Crippen LogP contribution in [0, 0.1) is 0 Å². The van der Waals surface area contributed by atoms with Gasteiger partial charge in [-0.3, -0.25) is 9.69 Å². The summed E-state index contributed by atoms with van der Waals surface area (Å²) in [6.07, 6.45) is 1.61. The molecule has 0 atom stereocenters. The third-order valence-corrected chi connectivity index (χ3v) is 4.52. The number of nitrogens with one attached hydrogen (secondary N) is 1. The molecule has 2 aromatic carbocycles. The van der Waals surface area contributed by atoms with Crippen LogP contribution in [0.25, 0.3) is 6.08 Å². The van der Waals surface area contributed by atoms with Crippen molar-refractivity contribution in [2.45, 2.75) is 6.92 Å². The Kier molecular flexibility index (Phi) is 5.27. The highest BCUT2D eigenvalue weighted by molar-refractivity contribution is 7.80. The number of carbonyl (C=O) groups excluding carboxylic acids is 1. The number of hydrogen-bond donors (Lipinski definition) is 1. The predicted molar refractivity (Wildman–Crippen MR) is 105 cm³/mol. The van der Waals surface area contributed by atoms with Crippen molar-refractivity contribution >= 4 is 58.2 Å². The maximum atomic E-state index is 12.7. The van der Waals surface area contributed by atoms with Crippen LogP contribution in [-0.2, 0) is 4.79 Å². The van der Waals surface area contributed by atoms with E-state index >= 15 is 0 Å². The maximum Gasteiger partial charge on any atom is 0.281 e. The second-order valence-electron chi connectivity index (χ2n) is 5.19. The Bertz CT molecular complexity index is 846. The van der Waals surface area contributed by atoms with Crippen LogP contribution in [0.3, 0.4) is 0 Å². The summed E-state index contributed by atoms with van der Waals surface area (Å²) in [4.78, 5) is 14.2. The van der Waals surface area contributed by atoms with Gasteiger partial charge in [0.25, 0.3) is 5.91 Å². The Balaban J connectivity index is 1.91. The van der Waals surface area contributed by atoms with Gasteiger partial charge in [0.2, 0.25) is 0 Å². The zero-order chi connectivity index (χ0) is 18.0. The number of nitrogens with zero attached hydrogens (tertiary/aromatic N) is 1. The quantitative estimate of drug-likeness (QED) is 0.606. The van der Waals surface area contributed by atoms with E-state index in [1.807, 2.05) is 6.92 Å². The monoisotopic (exact) mass is 392 g/mol. The second kappa shape index (κ2) is 7.44. The summed E-state index contributed by atoms with van der Waals surface area (Å²) in [5.74, 6) is 0.459. The van der Waals surface area contributed by atoms with Crippen LogP contribution in [0.4, 0.5) is 5.69 Å². The minimum absolute atomic E-state index is 0.273. The molecule has 1 aliphatic heterocycles. The van der Waals surface area contributed by atoms with Crippen molar-refractivity contribution in [2.75, 3.05) is 11.5 Å². The van der Waals surface area contributed by atoms with Gasteiger partial charge in [-0.1, -0.05) is 29.3 Å². The standard InChI is InChI=1S/C18H14Cl2N2O2S/c1-2-24-12-8-6-11(7-9-12)22-17(23)16(21-18(22)25)10-13-14(19)4-3-5-15(13)20/h3-10H,2H2,1H3,(H,21,25)/b16-10-. The summed E-state index contributed by atoms with van der Waals surface area (Å²) in [7, 11) is 0. The summed E-state index contributed by atoms with van der Waals surface area (Å²) in [6, 6.07) is 12.3. The molecule has 0 unspecified atom stereocenters. The van der Waals surface area contributed by atoms with Crippen LogP contribution in [0.2, 0.25) is 10.0 Å². The van der Waals surface area contributed by atoms with Crippen LogP contribution in [0.15, 0.2) is 48.2 Å². The molecule has 25 heavy (non-hydrogen) atoms. The minimum atomic E-state index is -0.273. The van der Waals surface area contributed by atoms with Gasteiger partial charge in [0, 0.05) is 15.6 Å². The predicted octanol–water partition coefficient (Wildman–Crippen LogP) is 4.65. The van der Waals surface area contributed by atoms with Crippen LogP contribution >= 0.6 is 35.4 Å². The van der Waals surface area contributed by atoms with Gasteiger partial charge >= 0.3 is 0 Å². The largest absolute Gasteiger partial charge is 0.494 e. The van der Waals surface area contributed by atoms with Gasteiger partial charge in [-0.2, -0.15) is 0 Å². The summed E-state index contributed by atoms with van der Waals surface area (Å²) < 4.78 is 5.41. The summed E-state index contributed by atoms with van der Waals surface area (Å²) in [5, 5.41) is 4.13. The van der Waals surface area contributed by atoms with Gasteiger partial charge in [0.05, 0.1) is 12.3 Å². The molecule has 7 heteroatoms. The van der Waals surface area contributed by atoms with E-state index in [-0.39, 0.29) is 5.91 Å². The molecule has 0 spiro atoms. The molecular weight excluding hydrogens is 379 g/mol. The van der Waals surface area contributed by atoms with E-state index in [1.54, 1.807) is 48.5 Å². The molecule has 3 rings (SSSR count). The van der Waals surface area contributed by atoms with Gasteiger partial charge in [-0.25, -0.2) is 0 Å². The van der Waals surface area contributed by atoms with Crippen molar-refractivity contribution < 1.29 is 9.53 Å². The summed E-state index contributed by atoms with van der Waals surface area (Å²) in [6.45, 7) is 2.49. The van der Waals surface area contributed by atoms with Gasteiger partial charge in [-0.05, 0) is 61.6 Å². The molecule has 0 bridgehead atoms. The maximum absolute atomic E-state index is 12.7. The Hall–Kier alpha value is -2.08. The summed E-state index contributed by atoms with van der Waals surface area (Å²) >= 11 is 17.6. The molecule has 128 valence electrons. The summed E-state index contributed by atoms with van der Waals surface area (Å²) in [5.41, 5.74) is 1.53. The zero-order valence-corrected chi connectivity index (χ0v) is 15.6. The van der Waals surface area contributed by atoms with E-state index in [0.29, 0.717) is 38.7 Å². The second-order valence-corrected chi connectivity index (χ2v) is 6.39. The molecule has 1 N–H and O–H groups in total. The number of benzene rings is 2. The number of thiocarbonyl (C=S) groups is 1. The third kappa shape index (κ3) is 3.63. The zero-order valence-electron chi connectivity index (χ0n) is 13.3. The van der Waals surface area contributed by atoms with E-state index in [4.69, 9.17) is 40.2 Å². The SMILES string of the molecule is CCOc1ccc(N2C(=O)/C(=C/c3c(Cl)cccc3Cl)NC2=S)cc1. The van der Waals surface area contributed by atoms with Crippen LogP contribution in [-0.4, -0.2) is 17.6 Å². The lowest BCUT2D eigenvalue weighted by molar-refractivity contribution is -0.113. The highest BCUT2D eigenvalue weighted by atomic mass is 35.5. The van der Waals surface area contributed by atoms with Crippen molar-refractivity contribution in [1.29, 1.82) is 0 Å². The normalized spacial score (nSPS) is 15.6. The molecule has 1 aliphatic rings. The highest BCUT2D eigenvalue weighted by Gasteiger charge is 2.32. The number of ether oxygens (including phenoxy) is 1. The molecule has 4 nitrogen and oxygen atoms in total. The Morgan fingerprint density at radius 1 is 1.16 bits per heavy atom. The number of carbonyl (C=O) groups is 1. The first-order valence-corrected chi connectivity index (χ1v) is 8.71. The number of anilines is 1. The number of halogens is 2. The Labute approximate surface area is 161 Å². The molecule has 1 fully saturated rings. The van der Waals surface area contributed by atoms with Crippen molar-refractivity contribution in [3.63, 3.8) is 0 Å². The lowest BCUT2D eigenvalue weighted by Gasteiger charge is -2.14. The molecule has 0 saturated carbocycles. The molecule has 1 saturated heterocycles. The molecule has 2 aromatic rings. The van der Waals surface area contributed by atoms with Crippen molar-refractivity contribution in [2.24, 2.45) is 0 Å². The average molecular weight is 393 g/mol. The first kappa shape index (κ1) is 17.7. The van der Waals surface area contributed by atoms with E-state index in [2.05, 4.69) is 5.32 Å². The van der Waals surface area contributed by atoms with Crippen LogP contribution in [0.5, 0.6) is 5.75 Å². The fourth-order valence-corrected chi connectivity index (χ4v) is 3.23. The van der Waals surface area contributed by atoms with E-state index < -0.39 is 0 Å². The molecule has 0 radical (unpaired) electrons. The van der Waals surface area contributed by atoms with E-state index in [9.17, 15) is 4.79 Å². The molecule has 0 aliphatic carbocycles. The lowest BCUT2D eigenvalue weighted by Crippen LogP contribution is -2.30. The van der Waals surface area contributed by atoms with Crippen molar-refractivity contribution in [3.05, 3.63) is 63.8 Å². The van der Waals surface area contributed by atoms with Crippen LogP contribution in [0.1, 0.15) is 12.5 Å². The van der Waals surface area contributed by atoms with Gasteiger partial charge in [0.15, 0.2) is 5.11 Å². The van der Waals surface area contributed by atoms with Crippen molar-refractivity contribution in [3.8, 4) is 5.75 Å². The molecular formula is C18H14Cl2N2O2S. The van der Waals surface area contributed by atoms with Gasteiger partial charge < -0.3 is 10.1 Å². The first-order valence-electron chi connectivity index (χ1n) is 7.55. The van der Waals surface area contributed by atoms with Crippen LogP contribution < -0.4 is 15.0 Å². The molecule has 0 aromatic heterocycles. The topological polar surface area (TPSA) is 41.6 Å². The van der Waals surface area contributed by atoms with Gasteiger partial charge in [-0.15, -0.1) is 0 Å². The van der Waals surface area contributed by atoms with Gasteiger partial charge in [0.1, 0.15) is 11.4 Å². The lowest BCUT2D eigenvalue weighted by atomic mass is 10.2. The molecule has 1 heterocycles. The molecule has 1 amide bonds. The Morgan fingerprint density at radius 3 is 2.40 bits per heavy atom. The first-order chi connectivity index (χ1) is 12.0. The minimum Gasteiger partial charge on any atom is -0.494 e. The average Bonchev–Trinajstić information content (AvgIpc) is 2.86. The number of amides is 1. The number of hydrogen-bond acceptors (Lipinski definition) is 3. The fourth-order valence-electron chi connectivity index (χ4n) is 2.42. The Morgan fingerprint density at radius 2 is 1.80 bits per heavy atom.